The molecule has 0 saturated heterocycles. The first-order valence-corrected chi connectivity index (χ1v) is 5.09. The number of hydrogen-bond donors (Lipinski definition) is 1. The van der Waals surface area contributed by atoms with Crippen LogP contribution in [0.5, 0.6) is 0 Å². The van der Waals surface area contributed by atoms with Gasteiger partial charge < -0.3 is 5.21 Å². The molecule has 0 bridgehead atoms. The number of rotatable bonds is 1. The van der Waals surface area contributed by atoms with Crippen molar-refractivity contribution >= 4 is 5.71 Å². The van der Waals surface area contributed by atoms with Crippen molar-refractivity contribution in [2.75, 3.05) is 0 Å². The second-order valence-corrected chi connectivity index (χ2v) is 5.20. The Morgan fingerprint density at radius 2 is 1.92 bits per heavy atom. The average Bonchev–Trinajstić information content (AvgIpc) is 2.20. The summed E-state index contributed by atoms with van der Waals surface area (Å²) >= 11 is 0. The van der Waals surface area contributed by atoms with E-state index in [1.807, 2.05) is 0 Å². The van der Waals surface area contributed by atoms with Crippen LogP contribution in [0.15, 0.2) is 5.16 Å². The minimum absolute atomic E-state index is 0.0302. The van der Waals surface area contributed by atoms with Crippen LogP contribution in [0, 0.1) is 16.7 Å². The molecule has 1 rings (SSSR count). The van der Waals surface area contributed by atoms with Crippen LogP contribution in [0.1, 0.15) is 47.5 Å². The van der Waals surface area contributed by atoms with Crippen molar-refractivity contribution in [3.63, 3.8) is 0 Å². The molecule has 2 heteroatoms. The van der Waals surface area contributed by atoms with E-state index in [-0.39, 0.29) is 10.8 Å². The zero-order valence-electron chi connectivity index (χ0n) is 9.39. The topological polar surface area (TPSA) is 32.6 Å². The monoisotopic (exact) mass is 183 g/mol. The van der Waals surface area contributed by atoms with Crippen LogP contribution < -0.4 is 0 Å². The molecule has 1 N–H and O–H groups in total. The Morgan fingerprint density at radius 1 is 1.38 bits per heavy atom. The highest BCUT2D eigenvalue weighted by atomic mass is 16.4. The van der Waals surface area contributed by atoms with Crippen molar-refractivity contribution < 1.29 is 5.21 Å². The van der Waals surface area contributed by atoms with Crippen LogP contribution >= 0.6 is 0 Å². The summed E-state index contributed by atoms with van der Waals surface area (Å²) in [5.74, 6) is 0.647. The van der Waals surface area contributed by atoms with Crippen LogP contribution in [0.25, 0.3) is 0 Å². The van der Waals surface area contributed by atoms with E-state index in [2.05, 4.69) is 39.8 Å². The first-order chi connectivity index (χ1) is 5.87. The summed E-state index contributed by atoms with van der Waals surface area (Å²) in [5, 5.41) is 12.4. The molecule has 0 aromatic carbocycles. The van der Waals surface area contributed by atoms with Gasteiger partial charge in [0.15, 0.2) is 0 Å². The number of nitrogens with zero attached hydrogens (tertiary/aromatic N) is 1. The fourth-order valence-corrected chi connectivity index (χ4v) is 2.45. The number of hydrogen-bond acceptors (Lipinski definition) is 2. The van der Waals surface area contributed by atoms with Crippen LogP contribution in [-0.2, 0) is 0 Å². The molecule has 0 aromatic heterocycles. The molecule has 0 heterocycles. The fourth-order valence-electron chi connectivity index (χ4n) is 2.45. The van der Waals surface area contributed by atoms with Crippen molar-refractivity contribution in [3.05, 3.63) is 0 Å². The smallest absolute Gasteiger partial charge is 0.0635 e. The van der Waals surface area contributed by atoms with Gasteiger partial charge in [-0.1, -0.05) is 46.2 Å². The minimum atomic E-state index is 0.0302. The summed E-state index contributed by atoms with van der Waals surface area (Å²) in [6.07, 6.45) is 2.11. The molecule has 1 atom stereocenters. The van der Waals surface area contributed by atoms with Crippen LogP contribution in [-0.4, -0.2) is 10.9 Å². The maximum atomic E-state index is 8.94. The SMILES string of the molecule is CCC1C/C(=N/O)C(C)(C)C1(C)C. The molecule has 0 aliphatic heterocycles. The Labute approximate surface area is 81.0 Å². The molecule has 2 nitrogen and oxygen atoms in total. The molecule has 0 spiro atoms. The zero-order chi connectivity index (χ0) is 10.3. The Bertz CT molecular complexity index is 228. The van der Waals surface area contributed by atoms with Gasteiger partial charge in [-0.2, -0.15) is 0 Å². The molecule has 1 aliphatic carbocycles. The largest absolute Gasteiger partial charge is 0.411 e. The first kappa shape index (κ1) is 10.6. The Balaban J connectivity index is 3.07. The van der Waals surface area contributed by atoms with E-state index in [4.69, 9.17) is 5.21 Å². The minimum Gasteiger partial charge on any atom is -0.411 e. The predicted octanol–water partition coefficient (Wildman–Crippen LogP) is 3.30. The van der Waals surface area contributed by atoms with Crippen molar-refractivity contribution in [2.24, 2.45) is 21.9 Å². The summed E-state index contributed by atoms with van der Waals surface area (Å²) in [6, 6.07) is 0. The van der Waals surface area contributed by atoms with E-state index < -0.39 is 0 Å². The molecule has 76 valence electrons. The second-order valence-electron chi connectivity index (χ2n) is 5.20. The lowest BCUT2D eigenvalue weighted by molar-refractivity contribution is 0.131. The molecule has 0 aromatic rings. The second kappa shape index (κ2) is 3.00. The molecule has 13 heavy (non-hydrogen) atoms. The Hall–Kier alpha value is -0.530. The lowest BCUT2D eigenvalue weighted by Crippen LogP contribution is -2.34. The number of oxime groups is 1. The van der Waals surface area contributed by atoms with Crippen molar-refractivity contribution in [1.29, 1.82) is 0 Å². The van der Waals surface area contributed by atoms with Gasteiger partial charge in [-0.05, 0) is 17.8 Å². The normalized spacial score (nSPS) is 33.9. The summed E-state index contributed by atoms with van der Waals surface area (Å²) in [5.41, 5.74) is 1.23. The molecule has 0 amide bonds. The van der Waals surface area contributed by atoms with Gasteiger partial charge in [-0.3, -0.25) is 0 Å². The highest BCUT2D eigenvalue weighted by Gasteiger charge is 2.52. The third-order valence-electron chi connectivity index (χ3n) is 4.41. The average molecular weight is 183 g/mol. The van der Waals surface area contributed by atoms with E-state index in [1.165, 1.54) is 0 Å². The molecule has 1 unspecified atom stereocenters. The summed E-state index contributed by atoms with van der Waals surface area (Å²) in [4.78, 5) is 0. The standard InChI is InChI=1S/C11H21NO/c1-6-8-7-9(12-13)11(4,5)10(8,2)3/h8,13H,6-7H2,1-5H3/b12-9-. The maximum Gasteiger partial charge on any atom is 0.0635 e. The van der Waals surface area contributed by atoms with Crippen molar-refractivity contribution in [3.8, 4) is 0 Å². The van der Waals surface area contributed by atoms with E-state index in [0.717, 1.165) is 18.6 Å². The quantitative estimate of drug-likeness (QED) is 0.491. The van der Waals surface area contributed by atoms with Gasteiger partial charge in [0.1, 0.15) is 0 Å². The molecule has 1 saturated carbocycles. The summed E-state index contributed by atoms with van der Waals surface area (Å²) < 4.78 is 0. The van der Waals surface area contributed by atoms with Gasteiger partial charge in [0.2, 0.25) is 0 Å². The first-order valence-electron chi connectivity index (χ1n) is 5.09. The summed E-state index contributed by atoms with van der Waals surface area (Å²) in [7, 11) is 0. The highest BCUT2D eigenvalue weighted by molar-refractivity contribution is 5.92. The van der Waals surface area contributed by atoms with E-state index in [9.17, 15) is 0 Å². The maximum absolute atomic E-state index is 8.94. The van der Waals surface area contributed by atoms with Crippen LogP contribution in [0.4, 0.5) is 0 Å². The highest BCUT2D eigenvalue weighted by Crippen LogP contribution is 2.54. The fraction of sp³-hybridized carbons (Fsp3) is 0.909. The van der Waals surface area contributed by atoms with E-state index in [0.29, 0.717) is 5.92 Å². The Morgan fingerprint density at radius 3 is 2.15 bits per heavy atom. The van der Waals surface area contributed by atoms with Crippen molar-refractivity contribution in [1.82, 2.24) is 0 Å². The molecular formula is C11H21NO. The third-order valence-corrected chi connectivity index (χ3v) is 4.41. The summed E-state index contributed by atoms with van der Waals surface area (Å²) in [6.45, 7) is 11.1. The van der Waals surface area contributed by atoms with Gasteiger partial charge in [0, 0.05) is 5.41 Å². The van der Waals surface area contributed by atoms with E-state index in [1.54, 1.807) is 0 Å². The van der Waals surface area contributed by atoms with Gasteiger partial charge in [-0.15, -0.1) is 0 Å². The van der Waals surface area contributed by atoms with Gasteiger partial charge in [0.05, 0.1) is 5.71 Å². The van der Waals surface area contributed by atoms with Gasteiger partial charge in [-0.25, -0.2) is 0 Å². The lowest BCUT2D eigenvalue weighted by atomic mass is 9.66. The third kappa shape index (κ3) is 1.27. The predicted molar refractivity (Wildman–Crippen MR) is 55.2 cm³/mol. The van der Waals surface area contributed by atoms with Crippen LogP contribution in [0.2, 0.25) is 0 Å². The molecular weight excluding hydrogens is 162 g/mol. The van der Waals surface area contributed by atoms with Crippen LogP contribution in [0.3, 0.4) is 0 Å². The van der Waals surface area contributed by atoms with Gasteiger partial charge in [0.25, 0.3) is 0 Å². The molecule has 1 fully saturated rings. The molecule has 0 radical (unpaired) electrons. The van der Waals surface area contributed by atoms with Gasteiger partial charge >= 0.3 is 0 Å². The van der Waals surface area contributed by atoms with Crippen molar-refractivity contribution in [2.45, 2.75) is 47.5 Å². The van der Waals surface area contributed by atoms with E-state index >= 15 is 0 Å². The zero-order valence-corrected chi connectivity index (χ0v) is 9.39. The Kier molecular flexibility index (Phi) is 2.44. The molecule has 1 aliphatic rings. The lowest BCUT2D eigenvalue weighted by Gasteiger charge is -2.38.